The monoisotopic (exact) mass is 273 g/mol. The molecular formula is C18H27NO. The van der Waals surface area contributed by atoms with E-state index < -0.39 is 5.60 Å². The maximum atomic E-state index is 10.5. The van der Waals surface area contributed by atoms with Gasteiger partial charge >= 0.3 is 0 Å². The Hall–Kier alpha value is -0.860. The summed E-state index contributed by atoms with van der Waals surface area (Å²) in [7, 11) is 2.17. The Kier molecular flexibility index (Phi) is 4.13. The third-order valence-corrected chi connectivity index (χ3v) is 5.12. The molecule has 3 rings (SSSR count). The van der Waals surface area contributed by atoms with Crippen molar-refractivity contribution in [2.45, 2.75) is 56.5 Å². The van der Waals surface area contributed by atoms with Gasteiger partial charge in [-0.1, -0.05) is 37.1 Å². The summed E-state index contributed by atoms with van der Waals surface area (Å²) in [6.07, 6.45) is 8.18. The first-order valence-corrected chi connectivity index (χ1v) is 8.15. The molecule has 0 spiro atoms. The number of nitrogens with zero attached hydrogens (tertiary/aromatic N) is 1. The van der Waals surface area contributed by atoms with Crippen molar-refractivity contribution in [3.05, 3.63) is 35.4 Å². The Labute approximate surface area is 122 Å². The fourth-order valence-corrected chi connectivity index (χ4v) is 4.18. The van der Waals surface area contributed by atoms with E-state index in [1.54, 1.807) is 5.56 Å². The molecule has 0 heterocycles. The molecule has 2 heteroatoms. The first kappa shape index (κ1) is 14.1. The molecule has 1 aromatic rings. The van der Waals surface area contributed by atoms with Gasteiger partial charge in [0.25, 0.3) is 0 Å². The number of benzene rings is 1. The van der Waals surface area contributed by atoms with Crippen LogP contribution in [0.1, 0.15) is 55.6 Å². The Morgan fingerprint density at radius 3 is 2.75 bits per heavy atom. The topological polar surface area (TPSA) is 23.5 Å². The average molecular weight is 273 g/mol. The fourth-order valence-electron chi connectivity index (χ4n) is 4.18. The standard InChI is InChI=1S/C18H27NO/c1-19(14-18(20)11-4-5-12-18)13-16-9-6-8-15-7-2-3-10-17(15)16/h2-3,7,10,16,20H,4-6,8-9,11-14H2,1H3. The quantitative estimate of drug-likeness (QED) is 0.909. The maximum absolute atomic E-state index is 10.5. The Morgan fingerprint density at radius 1 is 1.20 bits per heavy atom. The first-order valence-electron chi connectivity index (χ1n) is 8.15. The molecule has 1 aromatic carbocycles. The number of hydrogen-bond acceptors (Lipinski definition) is 2. The highest BCUT2D eigenvalue weighted by Crippen LogP contribution is 2.34. The Bertz CT molecular complexity index is 450. The summed E-state index contributed by atoms with van der Waals surface area (Å²) >= 11 is 0. The summed E-state index contributed by atoms with van der Waals surface area (Å²) in [4.78, 5) is 2.36. The van der Waals surface area contributed by atoms with Crippen LogP contribution < -0.4 is 0 Å². The van der Waals surface area contributed by atoms with Gasteiger partial charge in [-0.2, -0.15) is 0 Å². The molecule has 2 nitrogen and oxygen atoms in total. The highest BCUT2D eigenvalue weighted by molar-refractivity contribution is 5.32. The molecular weight excluding hydrogens is 246 g/mol. The van der Waals surface area contributed by atoms with Crippen LogP contribution in [0.15, 0.2) is 24.3 Å². The molecule has 1 atom stereocenters. The van der Waals surface area contributed by atoms with E-state index in [-0.39, 0.29) is 0 Å². The summed E-state index contributed by atoms with van der Waals surface area (Å²) < 4.78 is 0. The smallest absolute Gasteiger partial charge is 0.0774 e. The van der Waals surface area contributed by atoms with E-state index >= 15 is 0 Å². The van der Waals surface area contributed by atoms with Crippen molar-refractivity contribution >= 4 is 0 Å². The van der Waals surface area contributed by atoms with Crippen LogP contribution in [0.4, 0.5) is 0 Å². The molecule has 0 aliphatic heterocycles. The van der Waals surface area contributed by atoms with Crippen molar-refractivity contribution in [1.29, 1.82) is 0 Å². The molecule has 1 unspecified atom stereocenters. The minimum absolute atomic E-state index is 0.414. The van der Waals surface area contributed by atoms with Gasteiger partial charge in [-0.05, 0) is 56.2 Å². The van der Waals surface area contributed by atoms with Crippen LogP contribution in [-0.2, 0) is 6.42 Å². The molecule has 1 fully saturated rings. The lowest BCUT2D eigenvalue weighted by molar-refractivity contribution is 0.0147. The normalized spacial score (nSPS) is 24.9. The SMILES string of the molecule is CN(CC1CCCc2ccccc21)CC1(O)CCCC1. The number of hydrogen-bond donors (Lipinski definition) is 1. The fraction of sp³-hybridized carbons (Fsp3) is 0.667. The lowest BCUT2D eigenvalue weighted by Gasteiger charge is -2.33. The van der Waals surface area contributed by atoms with E-state index in [0.717, 1.165) is 25.9 Å². The molecule has 2 aliphatic rings. The zero-order chi connectivity index (χ0) is 14.0. The Morgan fingerprint density at radius 2 is 1.95 bits per heavy atom. The predicted octanol–water partition coefficient (Wildman–Crippen LogP) is 3.34. The molecule has 2 aliphatic carbocycles. The van der Waals surface area contributed by atoms with Crippen LogP contribution >= 0.6 is 0 Å². The van der Waals surface area contributed by atoms with Gasteiger partial charge < -0.3 is 10.0 Å². The van der Waals surface area contributed by atoms with Crippen LogP contribution in [-0.4, -0.2) is 35.7 Å². The van der Waals surface area contributed by atoms with Gasteiger partial charge in [-0.25, -0.2) is 0 Å². The van der Waals surface area contributed by atoms with Crippen molar-refractivity contribution in [2.24, 2.45) is 0 Å². The highest BCUT2D eigenvalue weighted by Gasteiger charge is 2.33. The number of aryl methyl sites for hydroxylation is 1. The molecule has 1 saturated carbocycles. The van der Waals surface area contributed by atoms with Gasteiger partial charge in [0.05, 0.1) is 5.60 Å². The van der Waals surface area contributed by atoms with Gasteiger partial charge in [0.2, 0.25) is 0 Å². The minimum Gasteiger partial charge on any atom is -0.389 e. The van der Waals surface area contributed by atoms with Gasteiger partial charge in [0.15, 0.2) is 0 Å². The number of aliphatic hydroxyl groups is 1. The molecule has 0 amide bonds. The van der Waals surface area contributed by atoms with Gasteiger partial charge in [0, 0.05) is 13.1 Å². The largest absolute Gasteiger partial charge is 0.389 e. The van der Waals surface area contributed by atoms with E-state index in [1.807, 2.05) is 0 Å². The third kappa shape index (κ3) is 3.07. The summed E-state index contributed by atoms with van der Waals surface area (Å²) in [6.45, 7) is 1.92. The molecule has 0 aromatic heterocycles. The molecule has 0 radical (unpaired) electrons. The number of likely N-dealkylation sites (N-methyl/N-ethyl adjacent to an activating group) is 1. The second kappa shape index (κ2) is 5.87. The lowest BCUT2D eigenvalue weighted by atomic mass is 9.82. The van der Waals surface area contributed by atoms with E-state index in [2.05, 4.69) is 36.2 Å². The summed E-state index contributed by atoms with van der Waals surface area (Å²) in [5.74, 6) is 0.648. The van der Waals surface area contributed by atoms with Crippen molar-refractivity contribution in [3.8, 4) is 0 Å². The van der Waals surface area contributed by atoms with Crippen LogP contribution in [0, 0.1) is 0 Å². The minimum atomic E-state index is -0.414. The molecule has 20 heavy (non-hydrogen) atoms. The number of fused-ring (bicyclic) bond motifs is 1. The van der Waals surface area contributed by atoms with Crippen molar-refractivity contribution in [1.82, 2.24) is 4.90 Å². The zero-order valence-electron chi connectivity index (χ0n) is 12.6. The van der Waals surface area contributed by atoms with Gasteiger partial charge in [0.1, 0.15) is 0 Å². The van der Waals surface area contributed by atoms with Crippen LogP contribution in [0.5, 0.6) is 0 Å². The van der Waals surface area contributed by atoms with E-state index in [1.165, 1.54) is 37.7 Å². The average Bonchev–Trinajstić information content (AvgIpc) is 2.85. The maximum Gasteiger partial charge on any atom is 0.0774 e. The summed E-state index contributed by atoms with van der Waals surface area (Å²) in [6, 6.07) is 8.91. The predicted molar refractivity (Wildman–Crippen MR) is 83.0 cm³/mol. The number of rotatable bonds is 4. The van der Waals surface area contributed by atoms with Crippen LogP contribution in [0.2, 0.25) is 0 Å². The van der Waals surface area contributed by atoms with Crippen LogP contribution in [0.3, 0.4) is 0 Å². The van der Waals surface area contributed by atoms with Crippen LogP contribution in [0.25, 0.3) is 0 Å². The molecule has 110 valence electrons. The van der Waals surface area contributed by atoms with Crippen molar-refractivity contribution in [2.75, 3.05) is 20.1 Å². The highest BCUT2D eigenvalue weighted by atomic mass is 16.3. The third-order valence-electron chi connectivity index (χ3n) is 5.12. The summed E-state index contributed by atoms with van der Waals surface area (Å²) in [5.41, 5.74) is 2.67. The van der Waals surface area contributed by atoms with E-state index in [9.17, 15) is 5.11 Å². The second-order valence-corrected chi connectivity index (χ2v) is 6.92. The lowest BCUT2D eigenvalue weighted by Crippen LogP contribution is -2.41. The van der Waals surface area contributed by atoms with E-state index in [4.69, 9.17) is 0 Å². The summed E-state index contributed by atoms with van der Waals surface area (Å²) in [5, 5.41) is 10.5. The van der Waals surface area contributed by atoms with Gasteiger partial charge in [-0.3, -0.25) is 0 Å². The molecule has 0 bridgehead atoms. The first-order chi connectivity index (χ1) is 9.66. The van der Waals surface area contributed by atoms with Gasteiger partial charge in [-0.15, -0.1) is 0 Å². The van der Waals surface area contributed by atoms with E-state index in [0.29, 0.717) is 5.92 Å². The Balaban J connectivity index is 1.63. The van der Waals surface area contributed by atoms with Crippen molar-refractivity contribution < 1.29 is 5.11 Å². The van der Waals surface area contributed by atoms with Crippen molar-refractivity contribution in [3.63, 3.8) is 0 Å². The molecule has 1 N–H and O–H groups in total. The second-order valence-electron chi connectivity index (χ2n) is 6.92. The zero-order valence-corrected chi connectivity index (χ0v) is 12.6. The molecule has 0 saturated heterocycles.